The van der Waals surface area contributed by atoms with Gasteiger partial charge in [-0.15, -0.1) is 0 Å². The van der Waals surface area contributed by atoms with Gasteiger partial charge in [-0.3, -0.25) is 4.99 Å². The van der Waals surface area contributed by atoms with Gasteiger partial charge in [-0.05, 0) is 13.0 Å². The summed E-state index contributed by atoms with van der Waals surface area (Å²) >= 11 is 0. The van der Waals surface area contributed by atoms with Crippen molar-refractivity contribution in [3.8, 4) is 0 Å². The zero-order valence-electron chi connectivity index (χ0n) is 5.89. The fraction of sp³-hybridized carbons (Fsp3) is 0.286. The molecule has 0 aromatic rings. The van der Waals surface area contributed by atoms with Gasteiger partial charge in [0.25, 0.3) is 0 Å². The standard InChI is InChI=1S/C7H12N2/c1-6(2)4-5-7(8)9-3/h4-5H,1H2,2-3H3,(H2,8,9). The van der Waals surface area contributed by atoms with Gasteiger partial charge in [-0.2, -0.15) is 0 Å². The van der Waals surface area contributed by atoms with Gasteiger partial charge in [0.15, 0.2) is 0 Å². The van der Waals surface area contributed by atoms with Crippen LogP contribution in [0.3, 0.4) is 0 Å². The third-order valence-electron chi connectivity index (χ3n) is 0.797. The molecule has 0 unspecified atom stereocenters. The van der Waals surface area contributed by atoms with Crippen molar-refractivity contribution in [1.82, 2.24) is 0 Å². The molecule has 0 radical (unpaired) electrons. The third-order valence-corrected chi connectivity index (χ3v) is 0.797. The molecule has 0 aliphatic heterocycles. The number of nitrogens with two attached hydrogens (primary N) is 1. The first kappa shape index (κ1) is 7.95. The van der Waals surface area contributed by atoms with Crippen LogP contribution in [-0.4, -0.2) is 12.9 Å². The fourth-order valence-electron chi connectivity index (χ4n) is 0.302. The molecule has 2 N–H and O–H groups in total. The van der Waals surface area contributed by atoms with E-state index < -0.39 is 0 Å². The average Bonchev–Trinajstić information content (AvgIpc) is 1.83. The number of hydrogen-bond acceptors (Lipinski definition) is 1. The normalized spacial score (nSPS) is 12.4. The first-order valence-corrected chi connectivity index (χ1v) is 2.72. The topological polar surface area (TPSA) is 38.4 Å². The molecule has 9 heavy (non-hydrogen) atoms. The van der Waals surface area contributed by atoms with Gasteiger partial charge in [0.2, 0.25) is 0 Å². The van der Waals surface area contributed by atoms with Crippen LogP contribution in [0.2, 0.25) is 0 Å². The van der Waals surface area contributed by atoms with E-state index in [0.717, 1.165) is 5.57 Å². The van der Waals surface area contributed by atoms with Crippen LogP contribution in [0.25, 0.3) is 0 Å². The summed E-state index contributed by atoms with van der Waals surface area (Å²) in [6, 6.07) is 0. The predicted molar refractivity (Wildman–Crippen MR) is 41.5 cm³/mol. The van der Waals surface area contributed by atoms with Crippen LogP contribution >= 0.6 is 0 Å². The highest BCUT2D eigenvalue weighted by molar-refractivity contribution is 5.91. The number of amidine groups is 1. The molecule has 0 fully saturated rings. The second-order valence-corrected chi connectivity index (χ2v) is 1.83. The molecule has 0 amide bonds. The van der Waals surface area contributed by atoms with Crippen LogP contribution in [-0.2, 0) is 0 Å². The van der Waals surface area contributed by atoms with Crippen molar-refractivity contribution in [2.24, 2.45) is 10.7 Å². The Morgan fingerprint density at radius 1 is 1.56 bits per heavy atom. The molecule has 0 saturated heterocycles. The minimum absolute atomic E-state index is 0.526. The maximum Gasteiger partial charge on any atom is 0.117 e. The largest absolute Gasteiger partial charge is 0.384 e. The summed E-state index contributed by atoms with van der Waals surface area (Å²) in [5.74, 6) is 0.526. The summed E-state index contributed by atoms with van der Waals surface area (Å²) in [5.41, 5.74) is 6.32. The van der Waals surface area contributed by atoms with E-state index in [4.69, 9.17) is 5.73 Å². The average molecular weight is 124 g/mol. The Labute approximate surface area is 55.8 Å². The Kier molecular flexibility index (Phi) is 3.44. The summed E-state index contributed by atoms with van der Waals surface area (Å²) in [6.45, 7) is 5.57. The van der Waals surface area contributed by atoms with Crippen molar-refractivity contribution in [2.45, 2.75) is 6.92 Å². The Morgan fingerprint density at radius 3 is 2.44 bits per heavy atom. The minimum atomic E-state index is 0.526. The van der Waals surface area contributed by atoms with Crippen molar-refractivity contribution in [2.75, 3.05) is 7.05 Å². The highest BCUT2D eigenvalue weighted by atomic mass is 14.8. The Hall–Kier alpha value is -1.05. The molecule has 0 aromatic heterocycles. The molecule has 0 atom stereocenters. The molecule has 0 spiro atoms. The van der Waals surface area contributed by atoms with Crippen molar-refractivity contribution >= 4 is 5.84 Å². The van der Waals surface area contributed by atoms with Gasteiger partial charge in [-0.25, -0.2) is 0 Å². The van der Waals surface area contributed by atoms with E-state index in [-0.39, 0.29) is 0 Å². The summed E-state index contributed by atoms with van der Waals surface area (Å²) in [5, 5.41) is 0. The number of allylic oxidation sites excluding steroid dienone is 2. The van der Waals surface area contributed by atoms with Crippen LogP contribution in [0.4, 0.5) is 0 Å². The molecule has 0 aliphatic rings. The highest BCUT2D eigenvalue weighted by Crippen LogP contribution is 1.87. The molecule has 0 heterocycles. The van der Waals surface area contributed by atoms with E-state index in [9.17, 15) is 0 Å². The number of aliphatic imine (C=N–C) groups is 1. The van der Waals surface area contributed by atoms with Crippen molar-refractivity contribution in [1.29, 1.82) is 0 Å². The smallest absolute Gasteiger partial charge is 0.117 e. The molecule has 50 valence electrons. The van der Waals surface area contributed by atoms with Crippen LogP contribution in [0.5, 0.6) is 0 Å². The summed E-state index contributed by atoms with van der Waals surface area (Å²) in [4.78, 5) is 3.73. The summed E-state index contributed by atoms with van der Waals surface area (Å²) in [6.07, 6.45) is 3.55. The van der Waals surface area contributed by atoms with Gasteiger partial charge in [0.1, 0.15) is 5.84 Å². The molecular formula is C7H12N2. The van der Waals surface area contributed by atoms with Crippen LogP contribution in [0.1, 0.15) is 6.92 Å². The lowest BCUT2D eigenvalue weighted by Crippen LogP contribution is -2.06. The van der Waals surface area contributed by atoms with Gasteiger partial charge < -0.3 is 5.73 Å². The Bertz CT molecular complexity index is 154. The second kappa shape index (κ2) is 3.89. The van der Waals surface area contributed by atoms with E-state index >= 15 is 0 Å². The van der Waals surface area contributed by atoms with E-state index in [1.165, 1.54) is 0 Å². The zero-order valence-corrected chi connectivity index (χ0v) is 5.89. The highest BCUT2D eigenvalue weighted by Gasteiger charge is 1.77. The number of rotatable bonds is 2. The Balaban J connectivity index is 3.86. The number of nitrogens with zero attached hydrogens (tertiary/aromatic N) is 1. The van der Waals surface area contributed by atoms with Crippen molar-refractivity contribution in [3.63, 3.8) is 0 Å². The predicted octanol–water partition coefficient (Wildman–Crippen LogP) is 1.11. The lowest BCUT2D eigenvalue weighted by atomic mass is 10.3. The van der Waals surface area contributed by atoms with Gasteiger partial charge in [-0.1, -0.05) is 18.2 Å². The van der Waals surface area contributed by atoms with Crippen LogP contribution in [0.15, 0.2) is 29.3 Å². The van der Waals surface area contributed by atoms with E-state index in [1.807, 2.05) is 13.0 Å². The van der Waals surface area contributed by atoms with Crippen molar-refractivity contribution < 1.29 is 0 Å². The molecule has 0 aromatic carbocycles. The SMILES string of the molecule is C=C(C)C=CC(N)=NC. The lowest BCUT2D eigenvalue weighted by Gasteiger charge is -1.86. The van der Waals surface area contributed by atoms with E-state index in [0.29, 0.717) is 5.84 Å². The third kappa shape index (κ3) is 4.81. The maximum atomic E-state index is 5.34. The zero-order chi connectivity index (χ0) is 7.28. The van der Waals surface area contributed by atoms with Gasteiger partial charge in [0.05, 0.1) is 0 Å². The van der Waals surface area contributed by atoms with Crippen molar-refractivity contribution in [3.05, 3.63) is 24.3 Å². The van der Waals surface area contributed by atoms with Gasteiger partial charge >= 0.3 is 0 Å². The quantitative estimate of drug-likeness (QED) is 0.334. The van der Waals surface area contributed by atoms with E-state index in [1.54, 1.807) is 13.1 Å². The molecule has 2 nitrogen and oxygen atoms in total. The monoisotopic (exact) mass is 124 g/mol. The van der Waals surface area contributed by atoms with Gasteiger partial charge in [0, 0.05) is 7.05 Å². The summed E-state index contributed by atoms with van der Waals surface area (Å²) < 4.78 is 0. The summed E-state index contributed by atoms with van der Waals surface area (Å²) in [7, 11) is 1.65. The molecule has 2 heteroatoms. The number of hydrogen-bond donors (Lipinski definition) is 1. The first-order chi connectivity index (χ1) is 4.16. The molecule has 0 bridgehead atoms. The molecule has 0 saturated carbocycles. The molecule has 0 aliphatic carbocycles. The Morgan fingerprint density at radius 2 is 2.11 bits per heavy atom. The maximum absolute atomic E-state index is 5.34. The fourth-order valence-corrected chi connectivity index (χ4v) is 0.302. The molecular weight excluding hydrogens is 112 g/mol. The second-order valence-electron chi connectivity index (χ2n) is 1.83. The lowest BCUT2D eigenvalue weighted by molar-refractivity contribution is 1.41. The van der Waals surface area contributed by atoms with Crippen LogP contribution in [0, 0.1) is 0 Å². The molecule has 0 rings (SSSR count). The minimum Gasteiger partial charge on any atom is -0.384 e. The van der Waals surface area contributed by atoms with E-state index in [2.05, 4.69) is 11.6 Å². The van der Waals surface area contributed by atoms with Crippen LogP contribution < -0.4 is 5.73 Å². The first-order valence-electron chi connectivity index (χ1n) is 2.72.